The average molecular weight is 351 g/mol. The van der Waals surface area contributed by atoms with E-state index >= 15 is 0 Å². The van der Waals surface area contributed by atoms with Gasteiger partial charge < -0.3 is 4.74 Å². The molecule has 1 fully saturated rings. The Labute approximate surface area is 150 Å². The van der Waals surface area contributed by atoms with E-state index in [9.17, 15) is 9.59 Å². The molecule has 0 saturated carbocycles. The minimum Gasteiger partial charge on any atom is -0.379 e. The highest BCUT2D eigenvalue weighted by molar-refractivity contribution is 5.78. The van der Waals surface area contributed by atoms with E-state index in [0.717, 1.165) is 32.8 Å². The summed E-state index contributed by atoms with van der Waals surface area (Å²) in [5, 5.41) is 0.554. The van der Waals surface area contributed by atoms with Crippen LogP contribution in [0.1, 0.15) is 0 Å². The maximum atomic E-state index is 13.2. The van der Waals surface area contributed by atoms with Gasteiger partial charge in [0, 0.05) is 26.2 Å². The molecule has 0 unspecified atom stereocenters. The lowest BCUT2D eigenvalue weighted by Crippen LogP contribution is -2.43. The van der Waals surface area contributed by atoms with Gasteiger partial charge in [0.25, 0.3) is 5.56 Å². The fourth-order valence-corrected chi connectivity index (χ4v) is 3.41. The summed E-state index contributed by atoms with van der Waals surface area (Å²) < 4.78 is 8.36. The molecule has 3 aromatic rings. The van der Waals surface area contributed by atoms with Gasteiger partial charge in [0.1, 0.15) is 0 Å². The lowest BCUT2D eigenvalue weighted by atomic mass is 10.2. The number of nitrogens with zero attached hydrogens (tertiary/aromatic N) is 3. The number of fused-ring (bicyclic) bond motifs is 1. The molecule has 0 spiro atoms. The Hall–Kier alpha value is -2.70. The summed E-state index contributed by atoms with van der Waals surface area (Å²) in [4.78, 5) is 28.4. The highest BCUT2D eigenvalue weighted by Gasteiger charge is 2.16. The lowest BCUT2D eigenvalue weighted by molar-refractivity contribution is 0.0363. The van der Waals surface area contributed by atoms with Crippen LogP contribution in [0.2, 0.25) is 0 Å². The van der Waals surface area contributed by atoms with Crippen LogP contribution < -0.4 is 11.2 Å². The van der Waals surface area contributed by atoms with Gasteiger partial charge in [-0.1, -0.05) is 30.3 Å². The SMILES string of the molecule is O=c1c2ccccc2n(CCN2CCOCC2)c(=O)n1-c1ccccc1. The highest BCUT2D eigenvalue weighted by atomic mass is 16.5. The molecule has 6 heteroatoms. The Bertz CT molecular complexity index is 1020. The van der Waals surface area contributed by atoms with Crippen LogP contribution in [0.4, 0.5) is 0 Å². The molecule has 4 rings (SSSR count). The Kier molecular flexibility index (Phi) is 4.69. The smallest absolute Gasteiger partial charge is 0.336 e. The van der Waals surface area contributed by atoms with Gasteiger partial charge in [-0.3, -0.25) is 14.3 Å². The summed E-state index contributed by atoms with van der Waals surface area (Å²) in [6.45, 7) is 4.46. The first-order chi connectivity index (χ1) is 12.8. The van der Waals surface area contributed by atoms with Crippen molar-refractivity contribution in [3.8, 4) is 5.69 Å². The van der Waals surface area contributed by atoms with Crippen LogP contribution in [0.25, 0.3) is 16.6 Å². The van der Waals surface area contributed by atoms with Crippen molar-refractivity contribution >= 4 is 10.9 Å². The number of para-hydroxylation sites is 2. The van der Waals surface area contributed by atoms with Crippen molar-refractivity contribution in [2.45, 2.75) is 6.54 Å². The van der Waals surface area contributed by atoms with Crippen LogP contribution in [-0.4, -0.2) is 46.9 Å². The van der Waals surface area contributed by atoms with E-state index in [2.05, 4.69) is 4.90 Å². The van der Waals surface area contributed by atoms with Gasteiger partial charge in [-0.15, -0.1) is 0 Å². The van der Waals surface area contributed by atoms with Crippen molar-refractivity contribution in [3.05, 3.63) is 75.4 Å². The molecular formula is C20H21N3O3. The molecule has 0 atom stereocenters. The van der Waals surface area contributed by atoms with E-state index in [1.54, 1.807) is 22.8 Å². The van der Waals surface area contributed by atoms with Crippen molar-refractivity contribution < 1.29 is 4.74 Å². The van der Waals surface area contributed by atoms with Crippen molar-refractivity contribution in [2.75, 3.05) is 32.8 Å². The first-order valence-electron chi connectivity index (χ1n) is 8.86. The average Bonchev–Trinajstić information content (AvgIpc) is 2.70. The minimum atomic E-state index is -0.298. The number of ether oxygens (including phenoxy) is 1. The zero-order chi connectivity index (χ0) is 17.9. The Morgan fingerprint density at radius 3 is 2.31 bits per heavy atom. The molecule has 0 radical (unpaired) electrons. The maximum Gasteiger partial charge on any atom is 0.336 e. The summed E-state index contributed by atoms with van der Waals surface area (Å²) in [7, 11) is 0. The van der Waals surface area contributed by atoms with Gasteiger partial charge >= 0.3 is 5.69 Å². The molecule has 0 amide bonds. The van der Waals surface area contributed by atoms with Crippen LogP contribution in [-0.2, 0) is 11.3 Å². The Morgan fingerprint density at radius 2 is 1.54 bits per heavy atom. The summed E-state index contributed by atoms with van der Waals surface area (Å²) in [6, 6.07) is 16.4. The second-order valence-corrected chi connectivity index (χ2v) is 6.38. The van der Waals surface area contributed by atoms with Crippen LogP contribution in [0.15, 0.2) is 64.2 Å². The first-order valence-corrected chi connectivity index (χ1v) is 8.86. The fourth-order valence-electron chi connectivity index (χ4n) is 3.41. The number of benzene rings is 2. The molecule has 2 aromatic carbocycles. The predicted octanol–water partition coefficient (Wildman–Crippen LogP) is 1.48. The number of rotatable bonds is 4. The van der Waals surface area contributed by atoms with Crippen molar-refractivity contribution in [1.82, 2.24) is 14.0 Å². The van der Waals surface area contributed by atoms with E-state index in [0.29, 0.717) is 23.1 Å². The minimum absolute atomic E-state index is 0.278. The zero-order valence-corrected chi connectivity index (χ0v) is 14.5. The van der Waals surface area contributed by atoms with E-state index < -0.39 is 0 Å². The number of hydrogen-bond acceptors (Lipinski definition) is 4. The van der Waals surface area contributed by atoms with Gasteiger partial charge in [0.05, 0.1) is 29.8 Å². The molecule has 0 N–H and O–H groups in total. The monoisotopic (exact) mass is 351 g/mol. The van der Waals surface area contributed by atoms with E-state index in [1.807, 2.05) is 36.4 Å². The molecule has 26 heavy (non-hydrogen) atoms. The standard InChI is InChI=1S/C20H21N3O3/c24-19-17-8-4-5-9-18(17)22(11-10-21-12-14-26-15-13-21)20(25)23(19)16-6-2-1-3-7-16/h1-9H,10-15H2. The van der Waals surface area contributed by atoms with E-state index in [-0.39, 0.29) is 11.2 Å². The summed E-state index contributed by atoms with van der Waals surface area (Å²) in [6.07, 6.45) is 0. The predicted molar refractivity (Wildman–Crippen MR) is 101 cm³/mol. The van der Waals surface area contributed by atoms with Gasteiger partial charge in [-0.2, -0.15) is 0 Å². The molecule has 0 aliphatic carbocycles. The topological polar surface area (TPSA) is 56.5 Å². The number of morpholine rings is 1. The highest BCUT2D eigenvalue weighted by Crippen LogP contribution is 2.10. The van der Waals surface area contributed by atoms with Crippen molar-refractivity contribution in [3.63, 3.8) is 0 Å². The maximum absolute atomic E-state index is 13.2. The second kappa shape index (κ2) is 7.27. The first kappa shape index (κ1) is 16.8. The molecule has 134 valence electrons. The van der Waals surface area contributed by atoms with Crippen LogP contribution in [0, 0.1) is 0 Å². The van der Waals surface area contributed by atoms with Gasteiger partial charge in [0.2, 0.25) is 0 Å². The molecule has 1 aliphatic rings. The van der Waals surface area contributed by atoms with Gasteiger partial charge in [-0.25, -0.2) is 9.36 Å². The number of aromatic nitrogens is 2. The zero-order valence-electron chi connectivity index (χ0n) is 14.5. The largest absolute Gasteiger partial charge is 0.379 e. The van der Waals surface area contributed by atoms with E-state index in [4.69, 9.17) is 4.74 Å². The van der Waals surface area contributed by atoms with Crippen LogP contribution in [0.3, 0.4) is 0 Å². The molecule has 1 saturated heterocycles. The van der Waals surface area contributed by atoms with Crippen LogP contribution >= 0.6 is 0 Å². The van der Waals surface area contributed by atoms with Crippen molar-refractivity contribution in [2.24, 2.45) is 0 Å². The molecular weight excluding hydrogens is 330 g/mol. The van der Waals surface area contributed by atoms with Crippen LogP contribution in [0.5, 0.6) is 0 Å². The third-order valence-electron chi connectivity index (χ3n) is 4.81. The van der Waals surface area contributed by atoms with Crippen molar-refractivity contribution in [1.29, 1.82) is 0 Å². The summed E-state index contributed by atoms with van der Waals surface area (Å²) in [5.74, 6) is 0. The molecule has 6 nitrogen and oxygen atoms in total. The Balaban J connectivity index is 1.83. The molecule has 2 heterocycles. The van der Waals surface area contributed by atoms with Gasteiger partial charge in [0.15, 0.2) is 0 Å². The van der Waals surface area contributed by atoms with Gasteiger partial charge in [-0.05, 0) is 24.3 Å². The third-order valence-corrected chi connectivity index (χ3v) is 4.81. The molecule has 0 bridgehead atoms. The molecule has 1 aliphatic heterocycles. The third kappa shape index (κ3) is 3.09. The van der Waals surface area contributed by atoms with E-state index in [1.165, 1.54) is 4.57 Å². The second-order valence-electron chi connectivity index (χ2n) is 6.38. The summed E-state index contributed by atoms with van der Waals surface area (Å²) in [5.41, 5.74) is 0.698. The normalized spacial score (nSPS) is 15.4. The fraction of sp³-hybridized carbons (Fsp3) is 0.300. The molecule has 1 aromatic heterocycles. The number of hydrogen-bond donors (Lipinski definition) is 0. The summed E-state index contributed by atoms with van der Waals surface area (Å²) >= 11 is 0. The lowest BCUT2D eigenvalue weighted by Gasteiger charge is -2.27. The Morgan fingerprint density at radius 1 is 0.846 bits per heavy atom. The quantitative estimate of drug-likeness (QED) is 0.715.